The second kappa shape index (κ2) is 6.46. The number of hydrogen-bond acceptors (Lipinski definition) is 3. The lowest BCUT2D eigenvalue weighted by atomic mass is 10.2. The third-order valence-corrected chi connectivity index (χ3v) is 2.93. The van der Waals surface area contributed by atoms with Crippen LogP contribution in [0.4, 0.5) is 0 Å². The van der Waals surface area contributed by atoms with Crippen molar-refractivity contribution in [2.45, 2.75) is 27.3 Å². The van der Waals surface area contributed by atoms with Crippen molar-refractivity contribution in [1.29, 1.82) is 0 Å². The van der Waals surface area contributed by atoms with Gasteiger partial charge < -0.3 is 14.0 Å². The smallest absolute Gasteiger partial charge is 0.325 e. The maximum absolute atomic E-state index is 11.8. The van der Waals surface area contributed by atoms with Gasteiger partial charge in [-0.1, -0.05) is 13.8 Å². The number of ether oxygens (including phenoxy) is 2. The van der Waals surface area contributed by atoms with Crippen LogP contribution in [0.25, 0.3) is 10.9 Å². The third kappa shape index (κ3) is 3.53. The lowest BCUT2D eigenvalue weighted by Gasteiger charge is -2.09. The fourth-order valence-corrected chi connectivity index (χ4v) is 2.02. The Morgan fingerprint density at radius 1 is 1.30 bits per heavy atom. The Morgan fingerprint density at radius 2 is 2.10 bits per heavy atom. The average Bonchev–Trinajstić information content (AvgIpc) is 2.79. The van der Waals surface area contributed by atoms with Gasteiger partial charge in [-0.3, -0.25) is 4.79 Å². The predicted molar refractivity (Wildman–Crippen MR) is 78.9 cm³/mol. The monoisotopic (exact) mass is 275 g/mol. The molecular weight excluding hydrogens is 254 g/mol. The van der Waals surface area contributed by atoms with Crippen molar-refractivity contribution in [2.75, 3.05) is 13.2 Å². The minimum Gasteiger partial charge on any atom is -0.494 e. The van der Waals surface area contributed by atoms with Crippen LogP contribution in [0.15, 0.2) is 30.5 Å². The van der Waals surface area contributed by atoms with Crippen molar-refractivity contribution >= 4 is 16.9 Å². The van der Waals surface area contributed by atoms with Crippen LogP contribution < -0.4 is 4.74 Å². The van der Waals surface area contributed by atoms with Crippen LogP contribution in [0.5, 0.6) is 5.75 Å². The minimum absolute atomic E-state index is 0.204. The van der Waals surface area contributed by atoms with E-state index in [1.165, 1.54) is 0 Å². The molecular formula is C16H21NO3. The number of carbonyl (C=O) groups excluding carboxylic acids is 1. The van der Waals surface area contributed by atoms with E-state index in [4.69, 9.17) is 9.47 Å². The predicted octanol–water partition coefficient (Wildman–Crippen LogP) is 3.24. The van der Waals surface area contributed by atoms with Gasteiger partial charge >= 0.3 is 5.97 Å². The molecule has 0 aliphatic carbocycles. The quantitative estimate of drug-likeness (QED) is 0.760. The van der Waals surface area contributed by atoms with Crippen LogP contribution in [-0.2, 0) is 16.1 Å². The van der Waals surface area contributed by atoms with Crippen molar-refractivity contribution in [3.8, 4) is 5.75 Å². The van der Waals surface area contributed by atoms with Gasteiger partial charge in [0.05, 0.1) is 13.2 Å². The van der Waals surface area contributed by atoms with E-state index in [1.807, 2.05) is 55.8 Å². The van der Waals surface area contributed by atoms with Gasteiger partial charge in [-0.05, 0) is 37.1 Å². The van der Waals surface area contributed by atoms with E-state index in [9.17, 15) is 4.79 Å². The second-order valence-corrected chi connectivity index (χ2v) is 5.17. The highest BCUT2D eigenvalue weighted by Crippen LogP contribution is 2.22. The zero-order chi connectivity index (χ0) is 14.5. The van der Waals surface area contributed by atoms with Crippen LogP contribution in [0.2, 0.25) is 0 Å². The van der Waals surface area contributed by atoms with Gasteiger partial charge in [0.1, 0.15) is 12.3 Å². The molecule has 2 aromatic rings. The minimum atomic E-state index is -0.204. The summed E-state index contributed by atoms with van der Waals surface area (Å²) >= 11 is 0. The SMILES string of the molecule is CCOc1ccc2c(ccn2CC(=O)OCC(C)C)c1. The summed E-state index contributed by atoms with van der Waals surface area (Å²) in [7, 11) is 0. The first-order chi connectivity index (χ1) is 9.60. The number of esters is 1. The number of carbonyl (C=O) groups is 1. The molecule has 4 nitrogen and oxygen atoms in total. The van der Waals surface area contributed by atoms with Crippen molar-refractivity contribution < 1.29 is 14.3 Å². The average molecular weight is 275 g/mol. The molecule has 0 radical (unpaired) electrons. The number of rotatable bonds is 6. The van der Waals surface area contributed by atoms with Gasteiger partial charge in [0.2, 0.25) is 0 Å². The summed E-state index contributed by atoms with van der Waals surface area (Å²) in [6.45, 7) is 7.35. The molecule has 0 N–H and O–H groups in total. The van der Waals surface area contributed by atoms with Crippen LogP contribution in [-0.4, -0.2) is 23.8 Å². The van der Waals surface area contributed by atoms with Crippen LogP contribution >= 0.6 is 0 Å². The normalized spacial score (nSPS) is 11.0. The molecule has 108 valence electrons. The Morgan fingerprint density at radius 3 is 2.80 bits per heavy atom. The van der Waals surface area contributed by atoms with Gasteiger partial charge in [0.25, 0.3) is 0 Å². The van der Waals surface area contributed by atoms with E-state index >= 15 is 0 Å². The number of hydrogen-bond donors (Lipinski definition) is 0. The van der Waals surface area contributed by atoms with E-state index in [1.54, 1.807) is 0 Å². The standard InChI is InChI=1S/C16H21NO3/c1-4-19-14-5-6-15-13(9-14)7-8-17(15)10-16(18)20-11-12(2)3/h5-9,12H,4,10-11H2,1-3H3. The number of benzene rings is 1. The molecule has 0 amide bonds. The Balaban J connectivity index is 2.09. The Labute approximate surface area is 119 Å². The van der Waals surface area contributed by atoms with Gasteiger partial charge in [0, 0.05) is 17.1 Å². The van der Waals surface area contributed by atoms with Crippen molar-refractivity contribution in [3.63, 3.8) is 0 Å². The summed E-state index contributed by atoms with van der Waals surface area (Å²) < 4.78 is 12.6. The zero-order valence-corrected chi connectivity index (χ0v) is 12.3. The van der Waals surface area contributed by atoms with Crippen molar-refractivity contribution in [3.05, 3.63) is 30.5 Å². The highest BCUT2D eigenvalue weighted by atomic mass is 16.5. The molecule has 0 unspecified atom stereocenters. The van der Waals surface area contributed by atoms with Gasteiger partial charge in [0.15, 0.2) is 0 Å². The lowest BCUT2D eigenvalue weighted by molar-refractivity contribution is -0.145. The summed E-state index contributed by atoms with van der Waals surface area (Å²) in [4.78, 5) is 11.8. The summed E-state index contributed by atoms with van der Waals surface area (Å²) in [5, 5.41) is 1.06. The number of fused-ring (bicyclic) bond motifs is 1. The van der Waals surface area contributed by atoms with Crippen molar-refractivity contribution in [1.82, 2.24) is 4.57 Å². The molecule has 2 rings (SSSR count). The molecule has 4 heteroatoms. The Kier molecular flexibility index (Phi) is 4.66. The van der Waals surface area contributed by atoms with E-state index < -0.39 is 0 Å². The first-order valence-corrected chi connectivity index (χ1v) is 6.97. The van der Waals surface area contributed by atoms with Gasteiger partial charge in [-0.25, -0.2) is 0 Å². The largest absolute Gasteiger partial charge is 0.494 e. The lowest BCUT2D eigenvalue weighted by Crippen LogP contribution is -2.15. The zero-order valence-electron chi connectivity index (χ0n) is 12.3. The highest BCUT2D eigenvalue weighted by molar-refractivity contribution is 5.83. The molecule has 0 bridgehead atoms. The summed E-state index contributed by atoms with van der Waals surface area (Å²) in [5.74, 6) is 0.999. The molecule has 0 fully saturated rings. The highest BCUT2D eigenvalue weighted by Gasteiger charge is 2.08. The van der Waals surface area contributed by atoms with E-state index in [2.05, 4.69) is 0 Å². The first kappa shape index (κ1) is 14.4. The second-order valence-electron chi connectivity index (χ2n) is 5.17. The molecule has 0 saturated heterocycles. The molecule has 0 aliphatic heterocycles. The Bertz CT molecular complexity index is 586. The van der Waals surface area contributed by atoms with E-state index in [-0.39, 0.29) is 12.5 Å². The molecule has 20 heavy (non-hydrogen) atoms. The van der Waals surface area contributed by atoms with E-state index in [0.717, 1.165) is 16.7 Å². The molecule has 0 spiro atoms. The third-order valence-electron chi connectivity index (χ3n) is 2.93. The van der Waals surface area contributed by atoms with Crippen LogP contribution in [0.1, 0.15) is 20.8 Å². The topological polar surface area (TPSA) is 40.5 Å². The maximum Gasteiger partial charge on any atom is 0.325 e. The molecule has 1 aromatic heterocycles. The summed E-state index contributed by atoms with van der Waals surface area (Å²) in [6.07, 6.45) is 1.90. The summed E-state index contributed by atoms with van der Waals surface area (Å²) in [5.41, 5.74) is 1.01. The summed E-state index contributed by atoms with van der Waals surface area (Å²) in [6, 6.07) is 7.85. The molecule has 0 atom stereocenters. The number of aromatic nitrogens is 1. The fraction of sp³-hybridized carbons (Fsp3) is 0.438. The van der Waals surface area contributed by atoms with E-state index in [0.29, 0.717) is 19.1 Å². The molecule has 0 aliphatic rings. The van der Waals surface area contributed by atoms with Crippen LogP contribution in [0.3, 0.4) is 0 Å². The van der Waals surface area contributed by atoms with Gasteiger partial charge in [-0.2, -0.15) is 0 Å². The molecule has 1 heterocycles. The molecule has 1 aromatic carbocycles. The van der Waals surface area contributed by atoms with Crippen molar-refractivity contribution in [2.24, 2.45) is 5.92 Å². The maximum atomic E-state index is 11.8. The van der Waals surface area contributed by atoms with Gasteiger partial charge in [-0.15, -0.1) is 0 Å². The number of nitrogens with zero attached hydrogens (tertiary/aromatic N) is 1. The van der Waals surface area contributed by atoms with Crippen LogP contribution in [0, 0.1) is 5.92 Å². The fourth-order valence-electron chi connectivity index (χ4n) is 2.02. The first-order valence-electron chi connectivity index (χ1n) is 6.97. The Hall–Kier alpha value is -1.97. The molecule has 0 saturated carbocycles.